The highest BCUT2D eigenvalue weighted by Crippen LogP contribution is 2.59. The molecule has 0 spiro atoms. The minimum absolute atomic E-state index is 0.0592. The average molecular weight is 356 g/mol. The van der Waals surface area contributed by atoms with Crippen LogP contribution in [0.15, 0.2) is 60.7 Å². The zero-order chi connectivity index (χ0) is 16.9. The highest BCUT2D eigenvalue weighted by molar-refractivity contribution is 7.60. The summed E-state index contributed by atoms with van der Waals surface area (Å²) in [7, 11) is -10.2. The Morgan fingerprint density at radius 2 is 1.39 bits per heavy atom. The summed E-state index contributed by atoms with van der Waals surface area (Å²) in [5.74, 6) is -0.0592. The third-order valence-electron chi connectivity index (χ3n) is 2.58. The Morgan fingerprint density at radius 3 is 1.91 bits per heavy atom. The number of benzene rings is 2. The lowest BCUT2D eigenvalue weighted by atomic mass is 10.1. The van der Waals surface area contributed by atoms with Gasteiger partial charge in [-0.1, -0.05) is 60.7 Å². The summed E-state index contributed by atoms with van der Waals surface area (Å²) in [6, 6.07) is 17.1. The summed E-state index contributed by atoms with van der Waals surface area (Å²) in [5, 5.41) is 0. The van der Waals surface area contributed by atoms with Crippen LogP contribution in [0, 0.1) is 0 Å². The van der Waals surface area contributed by atoms with Crippen molar-refractivity contribution in [2.75, 3.05) is 0 Å². The van der Waals surface area contributed by atoms with Crippen molar-refractivity contribution in [3.05, 3.63) is 71.8 Å². The van der Waals surface area contributed by atoms with Crippen molar-refractivity contribution in [3.8, 4) is 0 Å². The van der Waals surface area contributed by atoms with E-state index < -0.39 is 15.6 Å². The summed E-state index contributed by atoms with van der Waals surface area (Å²) in [4.78, 5) is 26.9. The SMILES string of the molecule is O=P(O)(O)OP(=O)(O)OC(=Cc1ccccc1)c1ccccc1. The third-order valence-corrected chi connectivity index (χ3v) is 4.68. The Bertz CT molecular complexity index is 768. The maximum atomic E-state index is 11.8. The Morgan fingerprint density at radius 1 is 0.870 bits per heavy atom. The van der Waals surface area contributed by atoms with E-state index >= 15 is 0 Å². The normalized spacial score (nSPS) is 15.0. The van der Waals surface area contributed by atoms with Crippen LogP contribution in [0.2, 0.25) is 0 Å². The van der Waals surface area contributed by atoms with Crippen LogP contribution in [0.4, 0.5) is 0 Å². The molecule has 122 valence electrons. The topological polar surface area (TPSA) is 113 Å². The smallest absolute Gasteiger partial charge is 0.403 e. The summed E-state index contributed by atoms with van der Waals surface area (Å²) in [6.45, 7) is 0. The molecule has 1 unspecified atom stereocenters. The molecule has 9 heteroatoms. The molecule has 0 saturated heterocycles. The largest absolute Gasteiger partial charge is 0.536 e. The van der Waals surface area contributed by atoms with Crippen LogP contribution < -0.4 is 0 Å². The van der Waals surface area contributed by atoms with E-state index in [0.717, 1.165) is 0 Å². The Labute approximate surface area is 132 Å². The monoisotopic (exact) mass is 356 g/mol. The minimum atomic E-state index is -5.18. The third kappa shape index (κ3) is 6.12. The summed E-state index contributed by atoms with van der Waals surface area (Å²) < 4.78 is 31.2. The van der Waals surface area contributed by atoms with E-state index in [1.54, 1.807) is 60.7 Å². The van der Waals surface area contributed by atoms with Gasteiger partial charge in [-0.25, -0.2) is 9.13 Å². The molecule has 0 aliphatic carbocycles. The van der Waals surface area contributed by atoms with Gasteiger partial charge in [0, 0.05) is 5.56 Å². The lowest BCUT2D eigenvalue weighted by molar-refractivity contribution is 0.223. The zero-order valence-electron chi connectivity index (χ0n) is 11.7. The first-order chi connectivity index (χ1) is 10.8. The predicted molar refractivity (Wildman–Crippen MR) is 84.8 cm³/mol. The minimum Gasteiger partial charge on any atom is -0.403 e. The maximum absolute atomic E-state index is 11.8. The highest BCUT2D eigenvalue weighted by atomic mass is 31.3. The molecule has 0 aliphatic heterocycles. The Kier molecular flexibility index (Phi) is 5.55. The average Bonchev–Trinajstić information content (AvgIpc) is 2.46. The van der Waals surface area contributed by atoms with Gasteiger partial charge in [0.1, 0.15) is 5.76 Å². The number of rotatable bonds is 6. The molecule has 2 aromatic rings. The first kappa shape index (κ1) is 17.6. The van der Waals surface area contributed by atoms with Gasteiger partial charge in [-0.15, -0.1) is 0 Å². The van der Waals surface area contributed by atoms with E-state index in [1.165, 1.54) is 6.08 Å². The van der Waals surface area contributed by atoms with Crippen LogP contribution in [0.1, 0.15) is 11.1 Å². The van der Waals surface area contributed by atoms with Gasteiger partial charge in [0.2, 0.25) is 0 Å². The van der Waals surface area contributed by atoms with Crippen LogP contribution in [-0.2, 0) is 18.0 Å². The number of hydrogen-bond acceptors (Lipinski definition) is 4. The van der Waals surface area contributed by atoms with Crippen molar-refractivity contribution < 1.29 is 32.6 Å². The second-order valence-electron chi connectivity index (χ2n) is 4.42. The Hall–Kier alpha value is -1.72. The van der Waals surface area contributed by atoms with Gasteiger partial charge in [0.05, 0.1) is 0 Å². The van der Waals surface area contributed by atoms with Crippen molar-refractivity contribution in [2.24, 2.45) is 0 Å². The summed E-state index contributed by atoms with van der Waals surface area (Å²) >= 11 is 0. The molecule has 0 amide bonds. The Balaban J connectivity index is 2.37. The summed E-state index contributed by atoms with van der Waals surface area (Å²) in [6.07, 6.45) is 1.46. The molecule has 1 atom stereocenters. The second kappa shape index (κ2) is 7.23. The molecule has 0 aromatic heterocycles. The fourth-order valence-corrected chi connectivity index (χ4v) is 3.36. The van der Waals surface area contributed by atoms with Gasteiger partial charge in [0.25, 0.3) is 0 Å². The van der Waals surface area contributed by atoms with E-state index in [0.29, 0.717) is 11.1 Å². The van der Waals surface area contributed by atoms with E-state index in [9.17, 15) is 14.0 Å². The van der Waals surface area contributed by atoms with Gasteiger partial charge in [-0.2, -0.15) is 4.31 Å². The van der Waals surface area contributed by atoms with Crippen LogP contribution in [0.25, 0.3) is 11.8 Å². The van der Waals surface area contributed by atoms with Gasteiger partial charge in [0.15, 0.2) is 0 Å². The quantitative estimate of drug-likeness (QED) is 0.413. The van der Waals surface area contributed by atoms with Crippen LogP contribution in [0.3, 0.4) is 0 Å². The molecule has 7 nitrogen and oxygen atoms in total. The molecule has 0 radical (unpaired) electrons. The van der Waals surface area contributed by atoms with Gasteiger partial charge in [-0.05, 0) is 11.6 Å². The molecule has 0 aliphatic rings. The van der Waals surface area contributed by atoms with E-state index in [-0.39, 0.29) is 5.76 Å². The second-order valence-corrected chi connectivity index (χ2v) is 7.17. The predicted octanol–water partition coefficient (Wildman–Crippen LogP) is 3.41. The summed E-state index contributed by atoms with van der Waals surface area (Å²) in [5.41, 5.74) is 1.11. The van der Waals surface area contributed by atoms with Gasteiger partial charge >= 0.3 is 15.6 Å². The van der Waals surface area contributed by atoms with Crippen molar-refractivity contribution in [1.82, 2.24) is 0 Å². The lowest BCUT2D eigenvalue weighted by Gasteiger charge is -2.16. The van der Waals surface area contributed by atoms with Crippen molar-refractivity contribution in [3.63, 3.8) is 0 Å². The number of hydrogen-bond donors (Lipinski definition) is 3. The zero-order valence-corrected chi connectivity index (χ0v) is 13.5. The molecular weight excluding hydrogens is 342 g/mol. The number of phosphoric acid groups is 2. The molecule has 0 saturated carbocycles. The van der Waals surface area contributed by atoms with Crippen LogP contribution in [-0.4, -0.2) is 14.7 Å². The van der Waals surface area contributed by atoms with Gasteiger partial charge in [-0.3, -0.25) is 4.89 Å². The first-order valence-corrected chi connectivity index (χ1v) is 9.39. The maximum Gasteiger partial charge on any atom is 0.536 e. The molecule has 2 rings (SSSR count). The van der Waals surface area contributed by atoms with Crippen LogP contribution >= 0.6 is 15.6 Å². The van der Waals surface area contributed by atoms with E-state index in [4.69, 9.17) is 14.3 Å². The van der Waals surface area contributed by atoms with E-state index in [1.807, 2.05) is 0 Å². The molecule has 0 fully saturated rings. The van der Waals surface area contributed by atoms with Gasteiger partial charge < -0.3 is 14.3 Å². The van der Waals surface area contributed by atoms with Crippen molar-refractivity contribution in [2.45, 2.75) is 0 Å². The molecular formula is C14H14O7P2. The number of phosphoric ester groups is 1. The van der Waals surface area contributed by atoms with Crippen molar-refractivity contribution >= 4 is 27.5 Å². The van der Waals surface area contributed by atoms with E-state index in [2.05, 4.69) is 4.31 Å². The molecule has 3 N–H and O–H groups in total. The molecule has 0 heterocycles. The van der Waals surface area contributed by atoms with Crippen LogP contribution in [0.5, 0.6) is 0 Å². The highest BCUT2D eigenvalue weighted by Gasteiger charge is 2.34. The van der Waals surface area contributed by atoms with Crippen molar-refractivity contribution in [1.29, 1.82) is 0 Å². The molecule has 23 heavy (non-hydrogen) atoms. The lowest BCUT2D eigenvalue weighted by Crippen LogP contribution is -1.95. The molecule has 0 bridgehead atoms. The molecule has 2 aromatic carbocycles. The fourth-order valence-electron chi connectivity index (χ4n) is 1.74. The standard InChI is InChI=1S/C14H14O7P2/c15-22(16,17)21-23(18,19)20-14(13-9-5-2-6-10-13)11-12-7-3-1-4-8-12/h1-11H,(H,18,19)(H2,15,16,17). The fraction of sp³-hybridized carbons (Fsp3) is 0. The first-order valence-electron chi connectivity index (χ1n) is 6.37.